The Labute approximate surface area is 232 Å². The Hall–Kier alpha value is -2.69. The first-order chi connectivity index (χ1) is 18.8. The molecule has 0 saturated carbocycles. The number of hydrogen-bond acceptors (Lipinski definition) is 0. The van der Waals surface area contributed by atoms with E-state index in [-0.39, 0.29) is 7.92 Å². The van der Waals surface area contributed by atoms with Crippen LogP contribution in [0.2, 0.25) is 0 Å². The summed E-state index contributed by atoms with van der Waals surface area (Å²) in [5.41, 5.74) is 6.01. The Morgan fingerprint density at radius 2 is 0.842 bits per heavy atom. The zero-order valence-corrected chi connectivity index (χ0v) is 23.9. The number of hydrogen-bond donors (Lipinski definition) is 0. The van der Waals surface area contributed by atoms with E-state index >= 15 is 0 Å². The number of rotatable bonds is 11. The lowest BCUT2D eigenvalue weighted by Crippen LogP contribution is -2.22. The number of benzene rings is 4. The predicted octanol–water partition coefficient (Wildman–Crippen LogP) is 10.6. The maximum absolute atomic E-state index is 2.41. The molecule has 5 rings (SSSR count). The Bertz CT molecular complexity index is 1180. The third-order valence-corrected chi connectivity index (χ3v) is 11.5. The van der Waals surface area contributed by atoms with Gasteiger partial charge in [-0.2, -0.15) is 0 Å². The van der Waals surface area contributed by atoms with Crippen LogP contribution in [0.1, 0.15) is 85.0 Å². The molecule has 4 aromatic carbocycles. The van der Waals surface area contributed by atoms with Crippen LogP contribution in [-0.2, 0) is 0 Å². The van der Waals surface area contributed by atoms with Crippen molar-refractivity contribution in [3.8, 4) is 0 Å². The third-order valence-electron chi connectivity index (χ3n) is 8.73. The molecule has 0 bridgehead atoms. The van der Waals surface area contributed by atoms with Crippen molar-refractivity contribution in [1.29, 1.82) is 0 Å². The molecule has 1 heterocycles. The minimum Gasteiger partial charge on any atom is -0.106 e. The first-order valence-electron chi connectivity index (χ1n) is 14.8. The summed E-state index contributed by atoms with van der Waals surface area (Å²) in [5.74, 6) is 2.02. The molecule has 1 saturated heterocycles. The molecule has 4 aromatic rings. The quantitative estimate of drug-likeness (QED) is 0.173. The first-order valence-corrected chi connectivity index (χ1v) is 16.7. The molecule has 1 heteroatoms. The smallest absolute Gasteiger partial charge is 0.00536 e. The topological polar surface area (TPSA) is 0 Å². The van der Waals surface area contributed by atoms with Crippen molar-refractivity contribution in [2.75, 3.05) is 18.5 Å². The van der Waals surface area contributed by atoms with Gasteiger partial charge in [-0.3, -0.25) is 0 Å². The molecular formula is C37H43P. The van der Waals surface area contributed by atoms with Crippen LogP contribution in [-0.4, -0.2) is 18.5 Å². The Balaban J connectivity index is 1.58. The van der Waals surface area contributed by atoms with Gasteiger partial charge in [0, 0.05) is 0 Å². The highest BCUT2D eigenvalue weighted by Gasteiger charge is 2.33. The molecule has 0 spiro atoms. The van der Waals surface area contributed by atoms with Gasteiger partial charge in [-0.15, -0.1) is 7.92 Å². The second-order valence-corrected chi connectivity index (χ2v) is 13.7. The molecule has 4 atom stereocenters. The fourth-order valence-corrected chi connectivity index (χ4v) is 9.73. The van der Waals surface area contributed by atoms with Crippen LogP contribution in [0.25, 0.3) is 0 Å². The zero-order chi connectivity index (χ0) is 26.0. The average Bonchev–Trinajstić information content (AvgIpc) is 3.01. The van der Waals surface area contributed by atoms with Gasteiger partial charge in [0.15, 0.2) is 0 Å². The van der Waals surface area contributed by atoms with E-state index in [9.17, 15) is 0 Å². The van der Waals surface area contributed by atoms with Crippen molar-refractivity contribution >= 4 is 7.92 Å². The fraction of sp³-hybridized carbons (Fsp3) is 0.351. The first kappa shape index (κ1) is 26.9. The SMILES string of the molecule is CCC(c1ccccc1)C(CC(c1ccccc1)C(CP1CCCCC1)c1ccccc1)c1ccccc1. The molecular weight excluding hydrogens is 475 g/mol. The lowest BCUT2D eigenvalue weighted by Gasteiger charge is -2.37. The second-order valence-electron chi connectivity index (χ2n) is 11.1. The van der Waals surface area contributed by atoms with E-state index in [1.165, 1.54) is 66.4 Å². The van der Waals surface area contributed by atoms with Crippen LogP contribution >= 0.6 is 7.92 Å². The maximum atomic E-state index is 2.41. The van der Waals surface area contributed by atoms with Crippen LogP contribution in [0.3, 0.4) is 0 Å². The molecule has 0 amide bonds. The van der Waals surface area contributed by atoms with Gasteiger partial charge in [0.2, 0.25) is 0 Å². The van der Waals surface area contributed by atoms with Crippen LogP contribution in [0.4, 0.5) is 0 Å². The summed E-state index contributed by atoms with van der Waals surface area (Å²) >= 11 is 0. The molecule has 38 heavy (non-hydrogen) atoms. The van der Waals surface area contributed by atoms with Crippen LogP contribution in [0, 0.1) is 0 Å². The van der Waals surface area contributed by atoms with E-state index in [1.54, 1.807) is 0 Å². The van der Waals surface area contributed by atoms with E-state index in [1.807, 2.05) is 0 Å². The molecule has 1 fully saturated rings. The van der Waals surface area contributed by atoms with Crippen molar-refractivity contribution in [3.05, 3.63) is 144 Å². The van der Waals surface area contributed by atoms with Gasteiger partial charge in [0.05, 0.1) is 0 Å². The van der Waals surface area contributed by atoms with E-state index < -0.39 is 0 Å². The van der Waals surface area contributed by atoms with E-state index in [0.29, 0.717) is 23.7 Å². The van der Waals surface area contributed by atoms with E-state index in [2.05, 4.69) is 128 Å². The molecule has 0 aromatic heterocycles. The van der Waals surface area contributed by atoms with Crippen LogP contribution < -0.4 is 0 Å². The highest BCUT2D eigenvalue weighted by Crippen LogP contribution is 2.52. The van der Waals surface area contributed by atoms with Gasteiger partial charge < -0.3 is 0 Å². The Morgan fingerprint density at radius 3 is 1.26 bits per heavy atom. The predicted molar refractivity (Wildman–Crippen MR) is 167 cm³/mol. The lowest BCUT2D eigenvalue weighted by atomic mass is 9.70. The van der Waals surface area contributed by atoms with Crippen molar-refractivity contribution in [2.45, 2.75) is 62.7 Å². The van der Waals surface area contributed by atoms with Crippen molar-refractivity contribution in [1.82, 2.24) is 0 Å². The van der Waals surface area contributed by atoms with Crippen LogP contribution in [0.5, 0.6) is 0 Å². The highest BCUT2D eigenvalue weighted by molar-refractivity contribution is 7.57. The molecule has 196 valence electrons. The summed E-state index contributed by atoms with van der Waals surface area (Å²) in [7, 11) is 0.100. The largest absolute Gasteiger partial charge is 0.106 e. The average molecular weight is 519 g/mol. The van der Waals surface area contributed by atoms with Gasteiger partial charge >= 0.3 is 0 Å². The molecule has 0 nitrogen and oxygen atoms in total. The molecule has 0 radical (unpaired) electrons. The summed E-state index contributed by atoms with van der Waals surface area (Å²) in [6, 6.07) is 45.7. The molecule has 0 N–H and O–H groups in total. The summed E-state index contributed by atoms with van der Waals surface area (Å²) < 4.78 is 0. The second kappa shape index (κ2) is 13.9. The maximum Gasteiger partial charge on any atom is -0.00536 e. The van der Waals surface area contributed by atoms with Gasteiger partial charge in [0.1, 0.15) is 0 Å². The summed E-state index contributed by atoms with van der Waals surface area (Å²) in [5, 5.41) is 0. The molecule has 4 unspecified atom stereocenters. The normalized spacial score (nSPS) is 17.4. The van der Waals surface area contributed by atoms with Crippen LogP contribution in [0.15, 0.2) is 121 Å². The van der Waals surface area contributed by atoms with Crippen molar-refractivity contribution < 1.29 is 0 Å². The Kier molecular flexibility index (Phi) is 9.85. The summed E-state index contributed by atoms with van der Waals surface area (Å²) in [6.45, 7) is 2.38. The van der Waals surface area contributed by atoms with Gasteiger partial charge in [-0.25, -0.2) is 0 Å². The van der Waals surface area contributed by atoms with Gasteiger partial charge in [-0.05, 0) is 90.1 Å². The highest BCUT2D eigenvalue weighted by atomic mass is 31.1. The Morgan fingerprint density at radius 1 is 0.474 bits per heavy atom. The molecule has 0 aliphatic carbocycles. The fourth-order valence-electron chi connectivity index (χ4n) is 6.78. The van der Waals surface area contributed by atoms with E-state index in [0.717, 1.165) is 6.42 Å². The summed E-state index contributed by atoms with van der Waals surface area (Å²) in [4.78, 5) is 0. The standard InChI is InChI=1S/C37H43P/c1-2-34(30-18-8-3-9-19-30)35(31-20-10-4-11-21-31)28-36(32-22-12-5-13-23-32)37(33-24-14-6-15-25-33)29-38-26-16-7-17-27-38/h3-6,8-15,18-25,34-37H,2,7,16-17,26-29H2,1H3. The lowest BCUT2D eigenvalue weighted by molar-refractivity contribution is 0.420. The molecule has 1 aliphatic rings. The van der Waals surface area contributed by atoms with Gasteiger partial charge in [0.25, 0.3) is 0 Å². The molecule has 1 aliphatic heterocycles. The zero-order valence-electron chi connectivity index (χ0n) is 23.0. The third kappa shape index (κ3) is 6.84. The van der Waals surface area contributed by atoms with Gasteiger partial charge in [-0.1, -0.05) is 135 Å². The van der Waals surface area contributed by atoms with E-state index in [4.69, 9.17) is 0 Å². The van der Waals surface area contributed by atoms with Crippen molar-refractivity contribution in [2.24, 2.45) is 0 Å². The minimum atomic E-state index is 0.100. The van der Waals surface area contributed by atoms with Crippen molar-refractivity contribution in [3.63, 3.8) is 0 Å². The minimum absolute atomic E-state index is 0.100. The monoisotopic (exact) mass is 518 g/mol. The summed E-state index contributed by atoms with van der Waals surface area (Å²) in [6.07, 6.45) is 10.9.